The standard InChI is InChI=1S/C18H19N3O3/c1-19-18(24)14-8-9-16(22)20(11-14)12-17(23)21-10-4-6-13-5-2-3-7-15(13)21/h2-3,5,7-9,11H,4,6,10,12H2,1H3,(H,19,24). The van der Waals surface area contributed by atoms with Crippen molar-refractivity contribution in [1.29, 1.82) is 0 Å². The van der Waals surface area contributed by atoms with Crippen LogP contribution in [0.25, 0.3) is 0 Å². The fourth-order valence-electron chi connectivity index (χ4n) is 2.96. The molecule has 6 heteroatoms. The van der Waals surface area contributed by atoms with Crippen LogP contribution in [0.5, 0.6) is 0 Å². The number of aryl methyl sites for hydroxylation is 1. The zero-order valence-electron chi connectivity index (χ0n) is 13.5. The molecule has 0 bridgehead atoms. The molecule has 0 unspecified atom stereocenters. The second kappa shape index (κ2) is 6.70. The molecule has 0 atom stereocenters. The molecule has 124 valence electrons. The van der Waals surface area contributed by atoms with Crippen molar-refractivity contribution in [3.05, 3.63) is 64.1 Å². The molecule has 2 amide bonds. The maximum atomic E-state index is 12.7. The van der Waals surface area contributed by atoms with Gasteiger partial charge in [-0.25, -0.2) is 0 Å². The van der Waals surface area contributed by atoms with Gasteiger partial charge in [0.05, 0.1) is 5.56 Å². The number of pyridine rings is 1. The minimum atomic E-state index is -0.304. The lowest BCUT2D eigenvalue weighted by Crippen LogP contribution is -2.39. The highest BCUT2D eigenvalue weighted by molar-refractivity contribution is 5.95. The van der Waals surface area contributed by atoms with Crippen LogP contribution in [0.2, 0.25) is 0 Å². The van der Waals surface area contributed by atoms with Crippen molar-refractivity contribution in [2.75, 3.05) is 18.5 Å². The SMILES string of the molecule is CNC(=O)c1ccc(=O)n(CC(=O)N2CCCc3ccccc32)c1. The first-order valence-corrected chi connectivity index (χ1v) is 7.91. The molecular weight excluding hydrogens is 306 g/mol. The Morgan fingerprint density at radius 3 is 2.75 bits per heavy atom. The van der Waals surface area contributed by atoms with Crippen LogP contribution in [0.3, 0.4) is 0 Å². The number of hydrogen-bond donors (Lipinski definition) is 1. The van der Waals surface area contributed by atoms with Crippen molar-refractivity contribution in [1.82, 2.24) is 9.88 Å². The highest BCUT2D eigenvalue weighted by Crippen LogP contribution is 2.26. The molecule has 3 rings (SSSR count). The predicted octanol–water partition coefficient (Wildman–Crippen LogP) is 1.19. The summed E-state index contributed by atoms with van der Waals surface area (Å²) in [6.07, 6.45) is 3.27. The van der Waals surface area contributed by atoms with Gasteiger partial charge < -0.3 is 14.8 Å². The number of nitrogens with one attached hydrogen (secondary N) is 1. The van der Waals surface area contributed by atoms with Crippen LogP contribution >= 0.6 is 0 Å². The minimum absolute atomic E-state index is 0.0853. The second-order valence-corrected chi connectivity index (χ2v) is 5.74. The lowest BCUT2D eigenvalue weighted by atomic mass is 10.0. The van der Waals surface area contributed by atoms with E-state index in [4.69, 9.17) is 0 Å². The summed E-state index contributed by atoms with van der Waals surface area (Å²) in [5, 5.41) is 2.51. The lowest BCUT2D eigenvalue weighted by Gasteiger charge is -2.29. The van der Waals surface area contributed by atoms with E-state index in [0.29, 0.717) is 12.1 Å². The van der Waals surface area contributed by atoms with Crippen LogP contribution in [0.1, 0.15) is 22.3 Å². The third-order valence-electron chi connectivity index (χ3n) is 4.19. The molecule has 0 aliphatic carbocycles. The van der Waals surface area contributed by atoms with Gasteiger partial charge in [0.25, 0.3) is 11.5 Å². The van der Waals surface area contributed by atoms with E-state index in [-0.39, 0.29) is 23.9 Å². The van der Waals surface area contributed by atoms with Crippen LogP contribution in [-0.4, -0.2) is 30.0 Å². The fourth-order valence-corrected chi connectivity index (χ4v) is 2.96. The van der Waals surface area contributed by atoms with E-state index < -0.39 is 0 Å². The third-order valence-corrected chi connectivity index (χ3v) is 4.19. The average molecular weight is 325 g/mol. The highest BCUT2D eigenvalue weighted by Gasteiger charge is 2.22. The number of aromatic nitrogens is 1. The number of carbonyl (C=O) groups excluding carboxylic acids is 2. The summed E-state index contributed by atoms with van der Waals surface area (Å²) in [5.74, 6) is -0.446. The summed E-state index contributed by atoms with van der Waals surface area (Å²) in [5.41, 5.74) is 2.10. The number of hydrogen-bond acceptors (Lipinski definition) is 3. The first-order valence-electron chi connectivity index (χ1n) is 7.91. The molecule has 6 nitrogen and oxygen atoms in total. The van der Waals surface area contributed by atoms with E-state index in [1.807, 2.05) is 24.3 Å². The maximum absolute atomic E-state index is 12.7. The van der Waals surface area contributed by atoms with Crippen molar-refractivity contribution >= 4 is 17.5 Å². The lowest BCUT2D eigenvalue weighted by molar-refractivity contribution is -0.119. The smallest absolute Gasteiger partial charge is 0.252 e. The Balaban J connectivity index is 1.86. The molecule has 1 aromatic carbocycles. The molecule has 1 N–H and O–H groups in total. The molecular formula is C18H19N3O3. The number of anilines is 1. The van der Waals surface area contributed by atoms with Crippen LogP contribution < -0.4 is 15.8 Å². The van der Waals surface area contributed by atoms with Gasteiger partial charge in [-0.05, 0) is 30.5 Å². The summed E-state index contributed by atoms with van der Waals surface area (Å²) < 4.78 is 1.28. The number of carbonyl (C=O) groups is 2. The monoisotopic (exact) mass is 325 g/mol. The molecule has 0 saturated heterocycles. The van der Waals surface area contributed by atoms with Gasteiger partial charge in [-0.1, -0.05) is 18.2 Å². The topological polar surface area (TPSA) is 71.4 Å². The Labute approximate surface area is 139 Å². The van der Waals surface area contributed by atoms with E-state index in [1.54, 1.807) is 4.90 Å². The fraction of sp³-hybridized carbons (Fsp3) is 0.278. The number of nitrogens with zero attached hydrogens (tertiary/aromatic N) is 2. The normalized spacial score (nSPS) is 13.3. The number of benzene rings is 1. The van der Waals surface area contributed by atoms with Gasteiger partial charge in [0.1, 0.15) is 6.54 Å². The largest absolute Gasteiger partial charge is 0.355 e. The van der Waals surface area contributed by atoms with Crippen molar-refractivity contribution in [2.45, 2.75) is 19.4 Å². The van der Waals surface area contributed by atoms with E-state index in [9.17, 15) is 14.4 Å². The summed E-state index contributed by atoms with van der Waals surface area (Å²) in [4.78, 5) is 38.1. The van der Waals surface area contributed by atoms with E-state index in [2.05, 4.69) is 5.32 Å². The van der Waals surface area contributed by atoms with Crippen molar-refractivity contribution in [2.24, 2.45) is 0 Å². The Morgan fingerprint density at radius 1 is 1.17 bits per heavy atom. The predicted molar refractivity (Wildman–Crippen MR) is 91.2 cm³/mol. The second-order valence-electron chi connectivity index (χ2n) is 5.74. The number of fused-ring (bicyclic) bond motifs is 1. The first-order chi connectivity index (χ1) is 11.6. The summed E-state index contributed by atoms with van der Waals surface area (Å²) in [7, 11) is 1.52. The summed E-state index contributed by atoms with van der Waals surface area (Å²) in [6.45, 7) is 0.553. The van der Waals surface area contributed by atoms with Gasteiger partial charge in [-0.2, -0.15) is 0 Å². The molecule has 2 heterocycles. The molecule has 1 aromatic heterocycles. The maximum Gasteiger partial charge on any atom is 0.252 e. The summed E-state index contributed by atoms with van der Waals surface area (Å²) in [6, 6.07) is 10.6. The number of para-hydroxylation sites is 1. The van der Waals surface area contributed by atoms with Gasteiger partial charge in [-0.3, -0.25) is 14.4 Å². The van der Waals surface area contributed by atoms with Crippen molar-refractivity contribution in [3.8, 4) is 0 Å². The van der Waals surface area contributed by atoms with Gasteiger partial charge in [0.2, 0.25) is 5.91 Å². The molecule has 1 aliphatic rings. The average Bonchev–Trinajstić information content (AvgIpc) is 2.62. The molecule has 0 radical (unpaired) electrons. The van der Waals surface area contributed by atoms with Gasteiger partial charge in [0, 0.05) is 31.5 Å². The third kappa shape index (κ3) is 3.08. The van der Waals surface area contributed by atoms with Gasteiger partial charge in [0.15, 0.2) is 0 Å². The zero-order chi connectivity index (χ0) is 17.1. The van der Waals surface area contributed by atoms with Crippen LogP contribution in [0, 0.1) is 0 Å². The Morgan fingerprint density at radius 2 is 1.96 bits per heavy atom. The molecule has 1 aliphatic heterocycles. The summed E-state index contributed by atoms with van der Waals surface area (Å²) >= 11 is 0. The van der Waals surface area contributed by atoms with E-state index in [1.165, 1.54) is 29.9 Å². The molecule has 0 spiro atoms. The molecule has 24 heavy (non-hydrogen) atoms. The van der Waals surface area contributed by atoms with Crippen LogP contribution in [0.4, 0.5) is 5.69 Å². The zero-order valence-corrected chi connectivity index (χ0v) is 13.5. The van der Waals surface area contributed by atoms with E-state index in [0.717, 1.165) is 24.1 Å². The first kappa shape index (κ1) is 16.0. The quantitative estimate of drug-likeness (QED) is 0.921. The van der Waals surface area contributed by atoms with Crippen molar-refractivity contribution < 1.29 is 9.59 Å². The van der Waals surface area contributed by atoms with Gasteiger partial charge in [-0.15, -0.1) is 0 Å². The Hall–Kier alpha value is -2.89. The van der Waals surface area contributed by atoms with Crippen LogP contribution in [0.15, 0.2) is 47.4 Å². The molecule has 0 fully saturated rings. The Kier molecular flexibility index (Phi) is 4.46. The van der Waals surface area contributed by atoms with Crippen LogP contribution in [-0.2, 0) is 17.8 Å². The Bertz CT molecular complexity index is 841. The van der Waals surface area contributed by atoms with Gasteiger partial charge >= 0.3 is 0 Å². The minimum Gasteiger partial charge on any atom is -0.355 e. The number of rotatable bonds is 3. The van der Waals surface area contributed by atoms with Crippen molar-refractivity contribution in [3.63, 3.8) is 0 Å². The number of amides is 2. The molecule has 2 aromatic rings. The van der Waals surface area contributed by atoms with E-state index >= 15 is 0 Å². The highest BCUT2D eigenvalue weighted by atomic mass is 16.2. The molecule has 0 saturated carbocycles.